The van der Waals surface area contributed by atoms with Gasteiger partial charge in [0.2, 0.25) is 0 Å². The minimum absolute atomic E-state index is 0.0202. The molecule has 0 atom stereocenters. The van der Waals surface area contributed by atoms with Crippen LogP contribution < -0.4 is 5.73 Å². The van der Waals surface area contributed by atoms with E-state index in [4.69, 9.17) is 5.73 Å². The van der Waals surface area contributed by atoms with E-state index in [0.717, 1.165) is 16.8 Å². The second-order valence-corrected chi connectivity index (χ2v) is 6.74. The number of benzene rings is 1. The molecule has 128 valence electrons. The average molecular weight is 352 g/mol. The molecule has 1 aliphatic rings. The summed E-state index contributed by atoms with van der Waals surface area (Å²) in [5.74, 6) is 0.591. The molecule has 2 aromatic rings. The molecule has 1 saturated heterocycles. The number of likely N-dealkylation sites (N-methyl/N-ethyl adjacent to an activating group) is 1. The van der Waals surface area contributed by atoms with Crippen LogP contribution in [0.1, 0.15) is 25.1 Å². The summed E-state index contributed by atoms with van der Waals surface area (Å²) in [5.41, 5.74) is 9.26. The molecule has 0 bridgehead atoms. The smallest absolute Gasteiger partial charge is 0.267 e. The first-order valence-electron chi connectivity index (χ1n) is 8.08. The second-order valence-electron chi connectivity index (χ2n) is 5.76. The SMILES string of the molecule is CCN1C(=O)/C(=C(\C)c2ccc(N)cc2)S/C1=N/c1cccc(C)n1. The molecule has 0 unspecified atom stereocenters. The van der Waals surface area contributed by atoms with E-state index in [1.54, 1.807) is 4.90 Å². The van der Waals surface area contributed by atoms with Crippen molar-refractivity contribution in [1.82, 2.24) is 9.88 Å². The number of pyridine rings is 1. The highest BCUT2D eigenvalue weighted by Gasteiger charge is 2.34. The van der Waals surface area contributed by atoms with Gasteiger partial charge in [-0.05, 0) is 67.9 Å². The van der Waals surface area contributed by atoms with Gasteiger partial charge in [0, 0.05) is 17.9 Å². The Labute approximate surface area is 151 Å². The topological polar surface area (TPSA) is 71.6 Å². The summed E-state index contributed by atoms with van der Waals surface area (Å²) in [4.78, 5) is 24.2. The van der Waals surface area contributed by atoms with Gasteiger partial charge in [-0.2, -0.15) is 0 Å². The third-order valence-electron chi connectivity index (χ3n) is 3.95. The van der Waals surface area contributed by atoms with E-state index in [1.165, 1.54) is 11.8 Å². The van der Waals surface area contributed by atoms with Crippen molar-refractivity contribution in [3.63, 3.8) is 0 Å². The number of thioether (sulfide) groups is 1. The number of anilines is 1. The Bertz CT molecular complexity index is 871. The van der Waals surface area contributed by atoms with E-state index in [2.05, 4.69) is 9.98 Å². The number of nitrogens with two attached hydrogens (primary N) is 1. The molecule has 0 radical (unpaired) electrons. The molecular formula is C19H20N4OS. The molecule has 1 aromatic carbocycles. The Morgan fingerprint density at radius 3 is 2.60 bits per heavy atom. The summed E-state index contributed by atoms with van der Waals surface area (Å²) in [5, 5.41) is 0.662. The fraction of sp³-hybridized carbons (Fsp3) is 0.211. The maximum atomic E-state index is 12.8. The highest BCUT2D eigenvalue weighted by atomic mass is 32.2. The Hall–Kier alpha value is -2.60. The number of amidine groups is 1. The normalized spacial score (nSPS) is 18.1. The van der Waals surface area contributed by atoms with Crippen molar-refractivity contribution in [2.75, 3.05) is 12.3 Å². The molecular weight excluding hydrogens is 332 g/mol. The molecule has 25 heavy (non-hydrogen) atoms. The van der Waals surface area contributed by atoms with Crippen LogP contribution in [-0.4, -0.2) is 27.5 Å². The number of rotatable bonds is 3. The van der Waals surface area contributed by atoms with Crippen LogP contribution >= 0.6 is 11.8 Å². The monoisotopic (exact) mass is 352 g/mol. The second kappa shape index (κ2) is 7.11. The van der Waals surface area contributed by atoms with Crippen LogP contribution in [0.25, 0.3) is 5.57 Å². The van der Waals surface area contributed by atoms with E-state index in [1.807, 2.05) is 63.2 Å². The predicted octanol–water partition coefficient (Wildman–Crippen LogP) is 3.99. The summed E-state index contributed by atoms with van der Waals surface area (Å²) >= 11 is 1.39. The summed E-state index contributed by atoms with van der Waals surface area (Å²) in [6, 6.07) is 13.2. The largest absolute Gasteiger partial charge is 0.399 e. The number of carbonyl (C=O) groups is 1. The van der Waals surface area contributed by atoms with Crippen molar-refractivity contribution in [1.29, 1.82) is 0 Å². The number of aromatic nitrogens is 1. The number of aryl methyl sites for hydroxylation is 1. The lowest BCUT2D eigenvalue weighted by atomic mass is 10.1. The third kappa shape index (κ3) is 3.58. The first kappa shape index (κ1) is 17.2. The molecule has 1 fully saturated rings. The van der Waals surface area contributed by atoms with Crippen LogP contribution in [0.3, 0.4) is 0 Å². The van der Waals surface area contributed by atoms with Gasteiger partial charge in [-0.15, -0.1) is 0 Å². The Morgan fingerprint density at radius 2 is 1.96 bits per heavy atom. The van der Waals surface area contributed by atoms with E-state index < -0.39 is 0 Å². The van der Waals surface area contributed by atoms with Crippen molar-refractivity contribution in [2.24, 2.45) is 4.99 Å². The maximum absolute atomic E-state index is 12.8. The molecule has 2 N–H and O–H groups in total. The van der Waals surface area contributed by atoms with Crippen molar-refractivity contribution in [3.8, 4) is 0 Å². The number of allylic oxidation sites excluding steroid dienone is 1. The van der Waals surface area contributed by atoms with Crippen LogP contribution in [0, 0.1) is 6.92 Å². The first-order valence-corrected chi connectivity index (χ1v) is 8.90. The van der Waals surface area contributed by atoms with Crippen LogP contribution in [0.2, 0.25) is 0 Å². The van der Waals surface area contributed by atoms with E-state index in [9.17, 15) is 4.79 Å². The number of nitrogen functional groups attached to an aromatic ring is 1. The fourth-order valence-electron chi connectivity index (χ4n) is 2.55. The zero-order valence-electron chi connectivity index (χ0n) is 14.5. The molecule has 1 aromatic heterocycles. The van der Waals surface area contributed by atoms with Gasteiger partial charge in [-0.3, -0.25) is 9.69 Å². The van der Waals surface area contributed by atoms with Crippen molar-refractivity contribution in [2.45, 2.75) is 20.8 Å². The molecule has 0 spiro atoms. The molecule has 1 amide bonds. The Balaban J connectivity index is 2.00. The molecule has 2 heterocycles. The highest BCUT2D eigenvalue weighted by molar-refractivity contribution is 8.18. The van der Waals surface area contributed by atoms with E-state index in [0.29, 0.717) is 28.1 Å². The Kier molecular flexibility index (Phi) is 4.90. The molecule has 6 heteroatoms. The van der Waals surface area contributed by atoms with E-state index in [-0.39, 0.29) is 5.91 Å². The zero-order chi connectivity index (χ0) is 18.0. The van der Waals surface area contributed by atoms with E-state index >= 15 is 0 Å². The standard InChI is InChI=1S/C19H20N4OS/c1-4-23-18(24)17(13(3)14-8-10-15(20)11-9-14)25-19(23)22-16-7-5-6-12(2)21-16/h5-11H,4,20H2,1-3H3/b17-13-,22-19+. The Morgan fingerprint density at radius 1 is 1.24 bits per heavy atom. The van der Waals surface area contributed by atoms with Crippen LogP contribution in [0.4, 0.5) is 11.5 Å². The number of hydrogen-bond acceptors (Lipinski definition) is 5. The van der Waals surface area contributed by atoms with Gasteiger partial charge in [0.15, 0.2) is 11.0 Å². The van der Waals surface area contributed by atoms with Crippen LogP contribution in [-0.2, 0) is 4.79 Å². The van der Waals surface area contributed by atoms with Gasteiger partial charge in [-0.25, -0.2) is 9.98 Å². The molecule has 5 nitrogen and oxygen atoms in total. The average Bonchev–Trinajstić information content (AvgIpc) is 2.90. The third-order valence-corrected chi connectivity index (χ3v) is 5.13. The first-order chi connectivity index (χ1) is 12.0. The number of hydrogen-bond donors (Lipinski definition) is 1. The molecule has 1 aliphatic heterocycles. The lowest BCUT2D eigenvalue weighted by molar-refractivity contribution is -0.122. The van der Waals surface area contributed by atoms with Gasteiger partial charge in [-0.1, -0.05) is 18.2 Å². The highest BCUT2D eigenvalue weighted by Crippen LogP contribution is 2.37. The minimum atomic E-state index is -0.0202. The summed E-state index contributed by atoms with van der Waals surface area (Å²) < 4.78 is 0. The number of nitrogens with zero attached hydrogens (tertiary/aromatic N) is 3. The van der Waals surface area contributed by atoms with Crippen LogP contribution in [0.15, 0.2) is 52.4 Å². The van der Waals surface area contributed by atoms with Gasteiger partial charge in [0.1, 0.15) is 0 Å². The fourth-order valence-corrected chi connectivity index (χ4v) is 3.66. The van der Waals surface area contributed by atoms with Crippen molar-refractivity contribution in [3.05, 3.63) is 58.6 Å². The van der Waals surface area contributed by atoms with Gasteiger partial charge in [0.05, 0.1) is 4.91 Å². The zero-order valence-corrected chi connectivity index (χ0v) is 15.3. The number of amides is 1. The predicted molar refractivity (Wildman–Crippen MR) is 104 cm³/mol. The van der Waals surface area contributed by atoms with Gasteiger partial charge < -0.3 is 5.73 Å². The quantitative estimate of drug-likeness (QED) is 0.670. The van der Waals surface area contributed by atoms with Crippen LogP contribution in [0.5, 0.6) is 0 Å². The molecule has 0 aliphatic carbocycles. The summed E-state index contributed by atoms with van der Waals surface area (Å²) in [7, 11) is 0. The lowest BCUT2D eigenvalue weighted by Crippen LogP contribution is -2.28. The van der Waals surface area contributed by atoms with Crippen molar-refractivity contribution >= 4 is 39.9 Å². The molecule has 0 saturated carbocycles. The lowest BCUT2D eigenvalue weighted by Gasteiger charge is -2.12. The number of aliphatic imine (C=N–C) groups is 1. The minimum Gasteiger partial charge on any atom is -0.399 e. The maximum Gasteiger partial charge on any atom is 0.267 e. The molecule has 3 rings (SSSR count). The number of carbonyl (C=O) groups excluding carboxylic acids is 1. The summed E-state index contributed by atoms with van der Waals surface area (Å²) in [6.07, 6.45) is 0. The summed E-state index contributed by atoms with van der Waals surface area (Å²) in [6.45, 7) is 6.38. The van der Waals surface area contributed by atoms with Crippen molar-refractivity contribution < 1.29 is 4.79 Å². The van der Waals surface area contributed by atoms with Gasteiger partial charge >= 0.3 is 0 Å². The van der Waals surface area contributed by atoms with Gasteiger partial charge in [0.25, 0.3) is 5.91 Å².